The molecule has 2 aromatic rings. The molecule has 0 spiro atoms. The Balaban J connectivity index is 2.00. The van der Waals surface area contributed by atoms with Gasteiger partial charge < -0.3 is 34.1 Å². The highest BCUT2D eigenvalue weighted by Crippen LogP contribution is 2.27. The number of carbonyl (C=O) groups is 1. The number of aliphatic hydroxyl groups is 2. The Morgan fingerprint density at radius 1 is 0.967 bits per heavy atom. The zero-order chi connectivity index (χ0) is 21.9. The fraction of sp³-hybridized carbons (Fsp3) is 0.409. The number of nitrogens with zero attached hydrogens (tertiary/aromatic N) is 1. The highest BCUT2D eigenvalue weighted by atomic mass is 16.6. The molecule has 0 aliphatic heterocycles. The molecule has 2 N–H and O–H groups in total. The molecule has 0 aliphatic rings. The molecule has 1 amide bonds. The third kappa shape index (κ3) is 6.82. The minimum Gasteiger partial charge on any atom is -0.497 e. The molecule has 0 aromatic heterocycles. The average Bonchev–Trinajstić information content (AvgIpc) is 2.79. The van der Waals surface area contributed by atoms with Crippen LogP contribution in [-0.2, 0) is 17.8 Å². The van der Waals surface area contributed by atoms with Crippen molar-refractivity contribution in [2.45, 2.75) is 19.1 Å². The highest BCUT2D eigenvalue weighted by molar-refractivity contribution is 5.67. The maximum atomic E-state index is 12.6. The van der Waals surface area contributed by atoms with Gasteiger partial charge in [-0.3, -0.25) is 0 Å². The van der Waals surface area contributed by atoms with E-state index in [2.05, 4.69) is 0 Å². The minimum absolute atomic E-state index is 0.0365. The Kier molecular flexibility index (Phi) is 9.24. The van der Waals surface area contributed by atoms with Crippen LogP contribution in [-0.4, -0.2) is 68.3 Å². The maximum Gasteiger partial charge on any atom is 0.410 e. The van der Waals surface area contributed by atoms with E-state index in [0.717, 1.165) is 11.1 Å². The number of carbonyl (C=O) groups excluding carboxylic acids is 1. The molecular weight excluding hydrogens is 390 g/mol. The zero-order valence-electron chi connectivity index (χ0n) is 17.5. The summed E-state index contributed by atoms with van der Waals surface area (Å²) in [6.07, 6.45) is -1.11. The largest absolute Gasteiger partial charge is 0.497 e. The van der Waals surface area contributed by atoms with Gasteiger partial charge in [0.25, 0.3) is 0 Å². The third-order valence-corrected chi connectivity index (χ3v) is 4.54. The first-order valence-electron chi connectivity index (χ1n) is 9.55. The van der Waals surface area contributed by atoms with Crippen molar-refractivity contribution in [2.75, 3.05) is 41.0 Å². The molecule has 0 aliphatic carbocycles. The molecule has 2 aromatic carbocycles. The molecule has 0 saturated carbocycles. The zero-order valence-corrected chi connectivity index (χ0v) is 17.5. The molecule has 2 rings (SSSR count). The summed E-state index contributed by atoms with van der Waals surface area (Å²) in [6.45, 7) is -0.0945. The van der Waals surface area contributed by atoms with Crippen LogP contribution in [0, 0.1) is 0 Å². The summed E-state index contributed by atoms with van der Waals surface area (Å²) in [5.74, 6) is 1.93. The van der Waals surface area contributed by atoms with E-state index in [1.807, 2.05) is 24.3 Å². The normalized spacial score (nSPS) is 11.5. The maximum absolute atomic E-state index is 12.6. The Morgan fingerprint density at radius 3 is 2.23 bits per heavy atom. The summed E-state index contributed by atoms with van der Waals surface area (Å²) in [5.41, 5.74) is 1.74. The number of hydrogen-bond donors (Lipinski definition) is 2. The first-order chi connectivity index (χ1) is 14.5. The van der Waals surface area contributed by atoms with E-state index >= 15 is 0 Å². The molecular formula is C22H29NO7. The Bertz CT molecular complexity index is 795. The SMILES string of the molecule is COc1ccc(COC(=O)N(CCc2ccc(OC)c(OC)c2)CC(O)CO)cc1. The van der Waals surface area contributed by atoms with Gasteiger partial charge in [0, 0.05) is 6.54 Å². The van der Waals surface area contributed by atoms with Crippen molar-refractivity contribution >= 4 is 6.09 Å². The standard InChI is InChI=1S/C22H29NO7/c1-27-19-7-4-17(5-8-19)15-30-22(26)23(13-18(25)14-24)11-10-16-6-9-20(28-2)21(12-16)29-3/h4-9,12,18,24-25H,10-11,13-15H2,1-3H3. The van der Waals surface area contributed by atoms with E-state index in [1.54, 1.807) is 39.5 Å². The van der Waals surface area contributed by atoms with Crippen molar-refractivity contribution in [3.05, 3.63) is 53.6 Å². The van der Waals surface area contributed by atoms with E-state index in [9.17, 15) is 9.90 Å². The quantitative estimate of drug-likeness (QED) is 0.576. The lowest BCUT2D eigenvalue weighted by molar-refractivity contribution is 0.0448. The molecule has 0 saturated heterocycles. The highest BCUT2D eigenvalue weighted by Gasteiger charge is 2.19. The van der Waals surface area contributed by atoms with Gasteiger partial charge >= 0.3 is 6.09 Å². The summed E-state index contributed by atoms with van der Waals surface area (Å²) in [7, 11) is 4.70. The first-order valence-corrected chi connectivity index (χ1v) is 9.55. The van der Waals surface area contributed by atoms with Gasteiger partial charge in [-0.2, -0.15) is 0 Å². The Hall–Kier alpha value is -2.97. The van der Waals surface area contributed by atoms with Gasteiger partial charge in [-0.25, -0.2) is 4.79 Å². The predicted octanol–water partition coefficient (Wildman–Crippen LogP) is 2.25. The summed E-state index contributed by atoms with van der Waals surface area (Å²) in [5, 5.41) is 19.0. The predicted molar refractivity (Wildman–Crippen MR) is 111 cm³/mol. The molecule has 8 heteroatoms. The fourth-order valence-corrected chi connectivity index (χ4v) is 2.83. The Labute approximate surface area is 176 Å². The van der Waals surface area contributed by atoms with Gasteiger partial charge in [-0.1, -0.05) is 18.2 Å². The van der Waals surface area contributed by atoms with Crippen molar-refractivity contribution in [3.63, 3.8) is 0 Å². The topological polar surface area (TPSA) is 97.7 Å². The minimum atomic E-state index is -1.05. The van der Waals surface area contributed by atoms with Crippen LogP contribution in [0.5, 0.6) is 17.2 Å². The van der Waals surface area contributed by atoms with E-state index in [0.29, 0.717) is 30.2 Å². The average molecular weight is 419 g/mol. The molecule has 30 heavy (non-hydrogen) atoms. The molecule has 0 fully saturated rings. The van der Waals surface area contributed by atoms with Crippen LogP contribution in [0.2, 0.25) is 0 Å². The second-order valence-corrected chi connectivity index (χ2v) is 6.62. The van der Waals surface area contributed by atoms with Crippen LogP contribution < -0.4 is 14.2 Å². The number of aliphatic hydroxyl groups excluding tert-OH is 2. The molecule has 1 unspecified atom stereocenters. The van der Waals surface area contributed by atoms with Crippen LogP contribution in [0.4, 0.5) is 4.79 Å². The summed E-state index contributed by atoms with van der Waals surface area (Å²) >= 11 is 0. The second kappa shape index (κ2) is 11.9. The lowest BCUT2D eigenvalue weighted by Gasteiger charge is -2.24. The van der Waals surface area contributed by atoms with Gasteiger partial charge in [0.15, 0.2) is 11.5 Å². The molecule has 8 nitrogen and oxygen atoms in total. The van der Waals surface area contributed by atoms with E-state index in [-0.39, 0.29) is 13.2 Å². The van der Waals surface area contributed by atoms with Crippen molar-refractivity contribution in [1.29, 1.82) is 0 Å². The summed E-state index contributed by atoms with van der Waals surface area (Å²) in [6, 6.07) is 12.7. The monoisotopic (exact) mass is 419 g/mol. The summed E-state index contributed by atoms with van der Waals surface area (Å²) in [4.78, 5) is 14.0. The molecule has 0 heterocycles. The third-order valence-electron chi connectivity index (χ3n) is 4.54. The number of amides is 1. The molecule has 0 bridgehead atoms. The fourth-order valence-electron chi connectivity index (χ4n) is 2.83. The molecule has 0 radical (unpaired) electrons. The van der Waals surface area contributed by atoms with Gasteiger partial charge in [0.05, 0.1) is 40.6 Å². The summed E-state index contributed by atoms with van der Waals surface area (Å²) < 4.78 is 21.0. The number of methoxy groups -OCH3 is 3. The van der Waals surface area contributed by atoms with E-state index < -0.39 is 18.8 Å². The smallest absolute Gasteiger partial charge is 0.410 e. The molecule has 1 atom stereocenters. The van der Waals surface area contributed by atoms with Gasteiger partial charge in [0.1, 0.15) is 12.4 Å². The van der Waals surface area contributed by atoms with Crippen molar-refractivity contribution in [2.24, 2.45) is 0 Å². The van der Waals surface area contributed by atoms with Crippen LogP contribution >= 0.6 is 0 Å². The first kappa shape index (κ1) is 23.3. The van der Waals surface area contributed by atoms with E-state index in [1.165, 1.54) is 4.90 Å². The second-order valence-electron chi connectivity index (χ2n) is 6.62. The van der Waals surface area contributed by atoms with Crippen LogP contribution in [0.1, 0.15) is 11.1 Å². The van der Waals surface area contributed by atoms with Gasteiger partial charge in [-0.15, -0.1) is 0 Å². The number of rotatable bonds is 11. The van der Waals surface area contributed by atoms with Crippen molar-refractivity contribution < 1.29 is 34.0 Å². The van der Waals surface area contributed by atoms with Gasteiger partial charge in [0.2, 0.25) is 0 Å². The number of benzene rings is 2. The molecule has 164 valence electrons. The lowest BCUT2D eigenvalue weighted by atomic mass is 10.1. The Morgan fingerprint density at radius 2 is 1.63 bits per heavy atom. The number of hydrogen-bond acceptors (Lipinski definition) is 7. The van der Waals surface area contributed by atoms with E-state index in [4.69, 9.17) is 24.1 Å². The van der Waals surface area contributed by atoms with Crippen molar-refractivity contribution in [1.82, 2.24) is 4.90 Å². The van der Waals surface area contributed by atoms with Gasteiger partial charge in [-0.05, 0) is 41.8 Å². The van der Waals surface area contributed by atoms with Crippen LogP contribution in [0.15, 0.2) is 42.5 Å². The van der Waals surface area contributed by atoms with Crippen LogP contribution in [0.3, 0.4) is 0 Å². The van der Waals surface area contributed by atoms with Crippen molar-refractivity contribution in [3.8, 4) is 17.2 Å². The van der Waals surface area contributed by atoms with Crippen LogP contribution in [0.25, 0.3) is 0 Å². The lowest BCUT2D eigenvalue weighted by Crippen LogP contribution is -2.40. The number of ether oxygens (including phenoxy) is 4.